The zero-order valence-corrected chi connectivity index (χ0v) is 10.8. The van der Waals surface area contributed by atoms with Gasteiger partial charge >= 0.3 is 0 Å². The van der Waals surface area contributed by atoms with E-state index in [1.807, 2.05) is 6.07 Å². The van der Waals surface area contributed by atoms with Crippen molar-refractivity contribution in [2.45, 2.75) is 26.2 Å². The lowest BCUT2D eigenvalue weighted by molar-refractivity contribution is 0.223. The predicted molar refractivity (Wildman–Crippen MR) is 70.3 cm³/mol. The van der Waals surface area contributed by atoms with E-state index in [-0.39, 0.29) is 12.5 Å². The van der Waals surface area contributed by atoms with Crippen molar-refractivity contribution in [3.8, 4) is 5.75 Å². The molecule has 0 bridgehead atoms. The van der Waals surface area contributed by atoms with Gasteiger partial charge in [-0.15, -0.1) is 0 Å². The summed E-state index contributed by atoms with van der Waals surface area (Å²) >= 11 is 0. The van der Waals surface area contributed by atoms with Gasteiger partial charge in [-0.05, 0) is 55.0 Å². The van der Waals surface area contributed by atoms with Crippen molar-refractivity contribution in [1.29, 1.82) is 0 Å². The van der Waals surface area contributed by atoms with Crippen molar-refractivity contribution in [3.63, 3.8) is 0 Å². The summed E-state index contributed by atoms with van der Waals surface area (Å²) in [7, 11) is 1.69. The fourth-order valence-corrected chi connectivity index (χ4v) is 1.95. The summed E-state index contributed by atoms with van der Waals surface area (Å²) in [5.41, 5.74) is 8.23. The van der Waals surface area contributed by atoms with Crippen molar-refractivity contribution in [2.75, 3.05) is 20.3 Å². The second kappa shape index (κ2) is 7.30. The number of rotatable bonds is 7. The molecule has 1 aromatic carbocycles. The third kappa shape index (κ3) is 4.02. The molecule has 0 aromatic heterocycles. The van der Waals surface area contributed by atoms with E-state index in [4.69, 9.17) is 15.6 Å². The number of methoxy groups -OCH3 is 1. The Balaban J connectivity index is 2.70. The molecular weight excluding hydrogens is 214 g/mol. The van der Waals surface area contributed by atoms with Crippen molar-refractivity contribution in [3.05, 3.63) is 29.3 Å². The summed E-state index contributed by atoms with van der Waals surface area (Å²) in [6.07, 6.45) is 2.90. The van der Waals surface area contributed by atoms with Crippen LogP contribution in [0.2, 0.25) is 0 Å². The zero-order valence-electron chi connectivity index (χ0n) is 10.8. The van der Waals surface area contributed by atoms with Gasteiger partial charge in [0.25, 0.3) is 0 Å². The number of aliphatic hydroxyl groups is 1. The molecule has 0 saturated heterocycles. The van der Waals surface area contributed by atoms with Crippen LogP contribution in [-0.4, -0.2) is 25.4 Å². The molecule has 0 saturated carbocycles. The summed E-state index contributed by atoms with van der Waals surface area (Å²) in [5.74, 6) is 1.12. The Hall–Kier alpha value is -1.06. The number of aryl methyl sites for hydroxylation is 2. The molecule has 0 heterocycles. The highest BCUT2D eigenvalue weighted by Crippen LogP contribution is 2.20. The Bertz CT molecular complexity index is 335. The third-order valence-electron chi connectivity index (χ3n) is 3.21. The molecule has 1 rings (SSSR count). The molecule has 0 fully saturated rings. The van der Waals surface area contributed by atoms with E-state index in [0.29, 0.717) is 6.54 Å². The van der Waals surface area contributed by atoms with Gasteiger partial charge in [0.15, 0.2) is 0 Å². The molecule has 0 radical (unpaired) electrons. The standard InChI is InChI=1S/C14H23NO2/c1-3-12-8-14(17-2)7-6-13(12)5-4-11(9-15)10-16/h6-8,11,16H,3-5,9-10,15H2,1-2H3. The van der Waals surface area contributed by atoms with E-state index in [2.05, 4.69) is 19.1 Å². The smallest absolute Gasteiger partial charge is 0.119 e. The van der Waals surface area contributed by atoms with Crippen molar-refractivity contribution >= 4 is 0 Å². The van der Waals surface area contributed by atoms with Crippen LogP contribution in [0.1, 0.15) is 24.5 Å². The summed E-state index contributed by atoms with van der Waals surface area (Å²) in [6.45, 7) is 2.87. The first kappa shape index (κ1) is 14.0. The molecule has 17 heavy (non-hydrogen) atoms. The minimum Gasteiger partial charge on any atom is -0.497 e. The maximum absolute atomic E-state index is 9.11. The van der Waals surface area contributed by atoms with Crippen LogP contribution < -0.4 is 10.5 Å². The third-order valence-corrected chi connectivity index (χ3v) is 3.21. The van der Waals surface area contributed by atoms with Crippen molar-refractivity contribution in [2.24, 2.45) is 11.7 Å². The van der Waals surface area contributed by atoms with E-state index in [1.54, 1.807) is 7.11 Å². The van der Waals surface area contributed by atoms with Gasteiger partial charge in [-0.2, -0.15) is 0 Å². The van der Waals surface area contributed by atoms with Gasteiger partial charge in [0.05, 0.1) is 7.11 Å². The fourth-order valence-electron chi connectivity index (χ4n) is 1.95. The van der Waals surface area contributed by atoms with E-state index in [9.17, 15) is 0 Å². The van der Waals surface area contributed by atoms with Crippen molar-refractivity contribution in [1.82, 2.24) is 0 Å². The first-order valence-electron chi connectivity index (χ1n) is 6.21. The van der Waals surface area contributed by atoms with Crippen LogP contribution in [0.25, 0.3) is 0 Å². The van der Waals surface area contributed by atoms with Crippen LogP contribution >= 0.6 is 0 Å². The molecule has 96 valence electrons. The molecule has 1 atom stereocenters. The molecular formula is C14H23NO2. The minimum atomic E-state index is 0.175. The van der Waals surface area contributed by atoms with Crippen molar-refractivity contribution < 1.29 is 9.84 Å². The molecule has 3 heteroatoms. The molecule has 0 amide bonds. The van der Waals surface area contributed by atoms with Gasteiger partial charge in [0.2, 0.25) is 0 Å². The second-order valence-corrected chi connectivity index (χ2v) is 4.31. The molecule has 3 nitrogen and oxygen atoms in total. The normalized spacial score (nSPS) is 12.5. The quantitative estimate of drug-likeness (QED) is 0.759. The Kier molecular flexibility index (Phi) is 6.01. The molecule has 0 aliphatic heterocycles. The number of benzene rings is 1. The molecule has 0 aliphatic carbocycles. The maximum Gasteiger partial charge on any atom is 0.119 e. The Labute approximate surface area is 104 Å². The topological polar surface area (TPSA) is 55.5 Å². The Morgan fingerprint density at radius 1 is 1.35 bits per heavy atom. The first-order valence-corrected chi connectivity index (χ1v) is 6.21. The van der Waals surface area contributed by atoms with Crippen LogP contribution in [-0.2, 0) is 12.8 Å². The molecule has 3 N–H and O–H groups in total. The van der Waals surface area contributed by atoms with E-state index in [1.165, 1.54) is 11.1 Å². The van der Waals surface area contributed by atoms with Crippen LogP contribution in [0.5, 0.6) is 5.75 Å². The molecule has 0 aliphatic rings. The first-order chi connectivity index (χ1) is 8.24. The summed E-state index contributed by atoms with van der Waals surface area (Å²) in [5, 5.41) is 9.11. The summed E-state index contributed by atoms with van der Waals surface area (Å²) in [4.78, 5) is 0. The molecule has 1 aromatic rings. The van der Waals surface area contributed by atoms with E-state index >= 15 is 0 Å². The average molecular weight is 237 g/mol. The van der Waals surface area contributed by atoms with E-state index < -0.39 is 0 Å². The number of hydrogen-bond donors (Lipinski definition) is 2. The van der Waals surface area contributed by atoms with Gasteiger partial charge in [-0.25, -0.2) is 0 Å². The lowest BCUT2D eigenvalue weighted by Gasteiger charge is -2.14. The maximum atomic E-state index is 9.11. The highest BCUT2D eigenvalue weighted by atomic mass is 16.5. The van der Waals surface area contributed by atoms with Crippen LogP contribution in [0.4, 0.5) is 0 Å². The second-order valence-electron chi connectivity index (χ2n) is 4.31. The Morgan fingerprint density at radius 2 is 2.12 bits per heavy atom. The van der Waals surface area contributed by atoms with E-state index in [0.717, 1.165) is 25.0 Å². The predicted octanol–water partition coefficient (Wildman–Crippen LogP) is 1.76. The van der Waals surface area contributed by atoms with Crippen LogP contribution in [0.3, 0.4) is 0 Å². The monoisotopic (exact) mass is 237 g/mol. The lowest BCUT2D eigenvalue weighted by Crippen LogP contribution is -2.18. The van der Waals surface area contributed by atoms with Crippen LogP contribution in [0, 0.1) is 5.92 Å². The van der Waals surface area contributed by atoms with Gasteiger partial charge < -0.3 is 15.6 Å². The Morgan fingerprint density at radius 3 is 2.65 bits per heavy atom. The largest absolute Gasteiger partial charge is 0.497 e. The zero-order chi connectivity index (χ0) is 12.7. The lowest BCUT2D eigenvalue weighted by atomic mass is 9.96. The highest BCUT2D eigenvalue weighted by molar-refractivity contribution is 5.35. The highest BCUT2D eigenvalue weighted by Gasteiger charge is 2.08. The molecule has 0 spiro atoms. The fraction of sp³-hybridized carbons (Fsp3) is 0.571. The number of aliphatic hydroxyl groups excluding tert-OH is 1. The number of nitrogens with two attached hydrogens (primary N) is 1. The number of hydrogen-bond acceptors (Lipinski definition) is 3. The molecule has 1 unspecified atom stereocenters. The van der Waals surface area contributed by atoms with Gasteiger partial charge in [0, 0.05) is 6.61 Å². The average Bonchev–Trinajstić information content (AvgIpc) is 2.39. The van der Waals surface area contributed by atoms with Gasteiger partial charge in [-0.1, -0.05) is 13.0 Å². The summed E-state index contributed by atoms with van der Waals surface area (Å²) < 4.78 is 5.22. The minimum absolute atomic E-state index is 0.175. The van der Waals surface area contributed by atoms with Gasteiger partial charge in [0.1, 0.15) is 5.75 Å². The number of ether oxygens (including phenoxy) is 1. The summed E-state index contributed by atoms with van der Waals surface area (Å²) in [6, 6.07) is 6.19. The van der Waals surface area contributed by atoms with Crippen LogP contribution in [0.15, 0.2) is 18.2 Å². The SMILES string of the molecule is CCc1cc(OC)ccc1CCC(CN)CO. The van der Waals surface area contributed by atoms with Gasteiger partial charge in [-0.3, -0.25) is 0 Å².